The molecule has 2 heterocycles. The number of aliphatic hydroxyl groups excluding tert-OH is 1. The second-order valence-electron chi connectivity index (χ2n) is 5.77. The van der Waals surface area contributed by atoms with Gasteiger partial charge in [-0.05, 0) is 12.8 Å². The van der Waals surface area contributed by atoms with Gasteiger partial charge in [0.25, 0.3) is 0 Å². The molecule has 0 aromatic carbocycles. The van der Waals surface area contributed by atoms with Crippen molar-refractivity contribution in [1.82, 2.24) is 14.6 Å². The van der Waals surface area contributed by atoms with Gasteiger partial charge in [-0.2, -0.15) is 0 Å². The van der Waals surface area contributed by atoms with Crippen LogP contribution in [0.15, 0.2) is 6.20 Å². The van der Waals surface area contributed by atoms with Crippen LogP contribution in [0.25, 0.3) is 4.96 Å². The molecule has 0 aliphatic heterocycles. The molecule has 2 aromatic rings. The molecule has 2 rings (SSSR count). The number of fused-ring (bicyclic) bond motifs is 1. The van der Waals surface area contributed by atoms with Gasteiger partial charge in [0.15, 0.2) is 0 Å². The largest absolute Gasteiger partial charge is 0.396 e. The molecule has 2 aromatic heterocycles. The molecule has 106 valence electrons. The molecular weight excluding hydrogens is 260 g/mol. The van der Waals surface area contributed by atoms with E-state index in [1.807, 2.05) is 10.7 Å². The standard InChI is InChI=1S/C13H22N4OS/c1-5-9(6-7-18)14-11-16-17-8-10(13(2,3)4)15-12(17)19-11/h8-9,18H,5-7H2,1-4H3,(H,14,16). The highest BCUT2D eigenvalue weighted by molar-refractivity contribution is 7.20. The van der Waals surface area contributed by atoms with Crippen LogP contribution >= 0.6 is 11.3 Å². The molecule has 0 spiro atoms. The van der Waals surface area contributed by atoms with Crippen LogP contribution in [0, 0.1) is 0 Å². The van der Waals surface area contributed by atoms with Gasteiger partial charge in [0.05, 0.1) is 11.9 Å². The van der Waals surface area contributed by atoms with E-state index in [1.165, 1.54) is 0 Å². The van der Waals surface area contributed by atoms with Crippen LogP contribution in [-0.2, 0) is 5.41 Å². The van der Waals surface area contributed by atoms with Crippen molar-refractivity contribution in [2.24, 2.45) is 0 Å². The van der Waals surface area contributed by atoms with Crippen molar-refractivity contribution >= 4 is 21.4 Å². The average Bonchev–Trinajstić information content (AvgIpc) is 2.85. The van der Waals surface area contributed by atoms with Crippen molar-refractivity contribution in [3.05, 3.63) is 11.9 Å². The fourth-order valence-corrected chi connectivity index (χ4v) is 2.69. The van der Waals surface area contributed by atoms with Gasteiger partial charge in [-0.25, -0.2) is 9.50 Å². The van der Waals surface area contributed by atoms with E-state index in [0.29, 0.717) is 0 Å². The Bertz CT molecular complexity index is 509. The third-order valence-electron chi connectivity index (χ3n) is 3.11. The van der Waals surface area contributed by atoms with Gasteiger partial charge in [-0.1, -0.05) is 39.0 Å². The van der Waals surface area contributed by atoms with E-state index >= 15 is 0 Å². The molecule has 2 N–H and O–H groups in total. The second kappa shape index (κ2) is 5.46. The lowest BCUT2D eigenvalue weighted by atomic mass is 9.93. The zero-order valence-electron chi connectivity index (χ0n) is 12.0. The molecule has 0 saturated carbocycles. The predicted octanol–water partition coefficient (Wildman–Crippen LogP) is 2.66. The summed E-state index contributed by atoms with van der Waals surface area (Å²) < 4.78 is 1.83. The van der Waals surface area contributed by atoms with Crippen LogP contribution < -0.4 is 5.32 Å². The van der Waals surface area contributed by atoms with Gasteiger partial charge in [0, 0.05) is 18.1 Å². The maximum atomic E-state index is 9.00. The summed E-state index contributed by atoms with van der Waals surface area (Å²) >= 11 is 1.55. The monoisotopic (exact) mass is 282 g/mol. The topological polar surface area (TPSA) is 62.5 Å². The minimum Gasteiger partial charge on any atom is -0.396 e. The zero-order chi connectivity index (χ0) is 14.0. The van der Waals surface area contributed by atoms with E-state index in [0.717, 1.165) is 28.6 Å². The predicted molar refractivity (Wildman–Crippen MR) is 79.0 cm³/mol. The molecule has 0 radical (unpaired) electrons. The first-order chi connectivity index (χ1) is 8.94. The van der Waals surface area contributed by atoms with Gasteiger partial charge in [0.2, 0.25) is 10.1 Å². The minimum atomic E-state index is 0.0455. The molecule has 0 saturated heterocycles. The second-order valence-corrected chi connectivity index (χ2v) is 6.73. The highest BCUT2D eigenvalue weighted by atomic mass is 32.1. The molecule has 1 unspecified atom stereocenters. The summed E-state index contributed by atoms with van der Waals surface area (Å²) in [5, 5.41) is 17.7. The molecular formula is C13H22N4OS. The van der Waals surface area contributed by atoms with Crippen molar-refractivity contribution < 1.29 is 5.11 Å². The number of aromatic nitrogens is 3. The van der Waals surface area contributed by atoms with Crippen LogP contribution in [0.4, 0.5) is 5.13 Å². The summed E-state index contributed by atoms with van der Waals surface area (Å²) in [5.41, 5.74) is 1.10. The van der Waals surface area contributed by atoms with E-state index in [9.17, 15) is 0 Å². The number of hydrogen-bond donors (Lipinski definition) is 2. The number of anilines is 1. The quantitative estimate of drug-likeness (QED) is 0.885. The maximum absolute atomic E-state index is 9.00. The van der Waals surface area contributed by atoms with Gasteiger partial charge < -0.3 is 10.4 Å². The number of hydrogen-bond acceptors (Lipinski definition) is 5. The van der Waals surface area contributed by atoms with E-state index in [4.69, 9.17) is 5.11 Å². The molecule has 1 atom stereocenters. The van der Waals surface area contributed by atoms with Crippen molar-refractivity contribution in [2.45, 2.75) is 52.0 Å². The first-order valence-electron chi connectivity index (χ1n) is 6.68. The van der Waals surface area contributed by atoms with Gasteiger partial charge in [-0.15, -0.1) is 5.10 Å². The molecule has 5 nitrogen and oxygen atoms in total. The van der Waals surface area contributed by atoms with E-state index in [1.54, 1.807) is 11.3 Å². The Morgan fingerprint density at radius 3 is 2.74 bits per heavy atom. The Morgan fingerprint density at radius 1 is 1.47 bits per heavy atom. The highest BCUT2D eigenvalue weighted by Gasteiger charge is 2.19. The lowest BCUT2D eigenvalue weighted by molar-refractivity contribution is 0.278. The van der Waals surface area contributed by atoms with Crippen molar-refractivity contribution in [1.29, 1.82) is 0 Å². The van der Waals surface area contributed by atoms with Crippen molar-refractivity contribution in [2.75, 3.05) is 11.9 Å². The first-order valence-corrected chi connectivity index (χ1v) is 7.49. The van der Waals surface area contributed by atoms with Crippen LogP contribution in [0.1, 0.15) is 46.2 Å². The number of rotatable bonds is 5. The normalized spacial score (nSPS) is 13.9. The van der Waals surface area contributed by atoms with E-state index in [-0.39, 0.29) is 18.1 Å². The number of imidazole rings is 1. The summed E-state index contributed by atoms with van der Waals surface area (Å²) in [5.74, 6) is 0. The first kappa shape index (κ1) is 14.3. The summed E-state index contributed by atoms with van der Waals surface area (Å²) in [7, 11) is 0. The maximum Gasteiger partial charge on any atom is 0.214 e. The SMILES string of the molecule is CCC(CCO)Nc1nn2cc(C(C)(C)C)nc2s1. The van der Waals surface area contributed by atoms with Gasteiger partial charge in [-0.3, -0.25) is 0 Å². The third kappa shape index (κ3) is 3.25. The highest BCUT2D eigenvalue weighted by Crippen LogP contribution is 2.26. The Hall–Kier alpha value is -1.14. The Balaban J connectivity index is 2.17. The lowest BCUT2D eigenvalue weighted by Crippen LogP contribution is -2.19. The molecule has 0 aliphatic carbocycles. The smallest absolute Gasteiger partial charge is 0.214 e. The van der Waals surface area contributed by atoms with Crippen molar-refractivity contribution in [3.63, 3.8) is 0 Å². The minimum absolute atomic E-state index is 0.0455. The summed E-state index contributed by atoms with van der Waals surface area (Å²) in [4.78, 5) is 5.52. The van der Waals surface area contributed by atoms with E-state index in [2.05, 4.69) is 43.1 Å². The van der Waals surface area contributed by atoms with Crippen LogP contribution in [0.3, 0.4) is 0 Å². The molecule has 0 amide bonds. The molecule has 0 bridgehead atoms. The Morgan fingerprint density at radius 2 is 2.21 bits per heavy atom. The Labute approximate surface area is 117 Å². The van der Waals surface area contributed by atoms with Gasteiger partial charge >= 0.3 is 0 Å². The van der Waals surface area contributed by atoms with Crippen LogP contribution in [0.2, 0.25) is 0 Å². The third-order valence-corrected chi connectivity index (χ3v) is 3.96. The van der Waals surface area contributed by atoms with E-state index < -0.39 is 0 Å². The summed E-state index contributed by atoms with van der Waals surface area (Å²) in [6.07, 6.45) is 3.70. The van der Waals surface area contributed by atoms with Crippen LogP contribution in [-0.4, -0.2) is 32.4 Å². The molecule has 19 heavy (non-hydrogen) atoms. The lowest BCUT2D eigenvalue weighted by Gasteiger charge is -2.14. The number of nitrogens with zero attached hydrogens (tertiary/aromatic N) is 3. The molecule has 0 fully saturated rings. The Kier molecular flexibility index (Phi) is 4.10. The van der Waals surface area contributed by atoms with Gasteiger partial charge in [0.1, 0.15) is 0 Å². The average molecular weight is 282 g/mol. The zero-order valence-corrected chi connectivity index (χ0v) is 12.8. The summed E-state index contributed by atoms with van der Waals surface area (Å²) in [6.45, 7) is 8.73. The number of nitrogens with one attached hydrogen (secondary N) is 1. The van der Waals surface area contributed by atoms with Crippen molar-refractivity contribution in [3.8, 4) is 0 Å². The fraction of sp³-hybridized carbons (Fsp3) is 0.692. The van der Waals surface area contributed by atoms with Crippen LogP contribution in [0.5, 0.6) is 0 Å². The summed E-state index contributed by atoms with van der Waals surface area (Å²) in [6, 6.07) is 0.267. The number of aliphatic hydroxyl groups is 1. The molecule has 0 aliphatic rings. The fourth-order valence-electron chi connectivity index (χ4n) is 1.83. The molecule has 6 heteroatoms.